The molecule has 4 nitrogen and oxygen atoms in total. The van der Waals surface area contributed by atoms with E-state index >= 15 is 0 Å². The van der Waals surface area contributed by atoms with Crippen LogP contribution in [0.25, 0.3) is 11.3 Å². The van der Waals surface area contributed by atoms with Gasteiger partial charge in [0, 0.05) is 18.7 Å². The first-order valence-corrected chi connectivity index (χ1v) is 6.47. The van der Waals surface area contributed by atoms with Crippen LogP contribution in [0, 0.1) is 0 Å². The molecule has 24 heavy (non-hydrogen) atoms. The molecule has 0 fully saturated rings. The Hall–Kier alpha value is -2.52. The SMILES string of the molecule is CNC(=O)Cc1cc(-c2ccc(C(F)(F)F)cc2C(F)(F)F)no1. The van der Waals surface area contributed by atoms with E-state index in [9.17, 15) is 31.1 Å². The largest absolute Gasteiger partial charge is 0.417 e. The fourth-order valence-electron chi connectivity index (χ4n) is 1.95. The number of aromatic nitrogens is 1. The number of nitrogens with zero attached hydrogens (tertiary/aromatic N) is 1. The Balaban J connectivity index is 2.48. The Kier molecular flexibility index (Phi) is 4.59. The Morgan fingerprint density at radius 2 is 1.79 bits per heavy atom. The van der Waals surface area contributed by atoms with Crippen molar-refractivity contribution in [2.24, 2.45) is 0 Å². The summed E-state index contributed by atoms with van der Waals surface area (Å²) in [6, 6.07) is 2.29. The van der Waals surface area contributed by atoms with E-state index in [1.807, 2.05) is 0 Å². The first kappa shape index (κ1) is 17.8. The molecule has 1 heterocycles. The number of amides is 1. The average molecular weight is 352 g/mol. The summed E-state index contributed by atoms with van der Waals surface area (Å²) < 4.78 is 81.9. The van der Waals surface area contributed by atoms with Crippen molar-refractivity contribution in [3.8, 4) is 11.3 Å². The van der Waals surface area contributed by atoms with E-state index in [4.69, 9.17) is 4.52 Å². The second kappa shape index (κ2) is 6.17. The molecule has 0 unspecified atom stereocenters. The van der Waals surface area contributed by atoms with Crippen molar-refractivity contribution in [2.75, 3.05) is 7.05 Å². The standard InChI is InChI=1S/C14H10F6N2O2/c1-21-12(23)6-8-5-11(22-24-8)9-3-2-7(13(15,16)17)4-10(9)14(18,19)20/h2-5H,6H2,1H3,(H,21,23). The van der Waals surface area contributed by atoms with Crippen LogP contribution in [-0.4, -0.2) is 18.1 Å². The highest BCUT2D eigenvalue weighted by Crippen LogP contribution is 2.40. The monoisotopic (exact) mass is 352 g/mol. The van der Waals surface area contributed by atoms with E-state index in [1.54, 1.807) is 0 Å². The number of alkyl halides is 6. The summed E-state index contributed by atoms with van der Waals surface area (Å²) >= 11 is 0. The molecule has 0 radical (unpaired) electrons. The normalized spacial score (nSPS) is 12.3. The predicted octanol–water partition coefficient (Wildman–Crippen LogP) is 3.67. The van der Waals surface area contributed by atoms with E-state index in [0.717, 1.165) is 6.07 Å². The van der Waals surface area contributed by atoms with Crippen LogP contribution in [0.15, 0.2) is 28.8 Å². The number of hydrogen-bond acceptors (Lipinski definition) is 3. The molecule has 0 saturated carbocycles. The van der Waals surface area contributed by atoms with Crippen LogP contribution in [0.3, 0.4) is 0 Å². The summed E-state index contributed by atoms with van der Waals surface area (Å²) in [5.74, 6) is -0.474. The number of carbonyl (C=O) groups is 1. The number of rotatable bonds is 3. The highest BCUT2D eigenvalue weighted by Gasteiger charge is 2.38. The minimum Gasteiger partial charge on any atom is -0.360 e. The van der Waals surface area contributed by atoms with E-state index in [1.165, 1.54) is 7.05 Å². The summed E-state index contributed by atoms with van der Waals surface area (Å²) in [4.78, 5) is 11.2. The molecular formula is C14H10F6N2O2. The summed E-state index contributed by atoms with van der Waals surface area (Å²) in [7, 11) is 1.36. The van der Waals surface area contributed by atoms with Crippen molar-refractivity contribution in [1.82, 2.24) is 10.5 Å². The van der Waals surface area contributed by atoms with Gasteiger partial charge in [0.15, 0.2) is 0 Å². The number of halogens is 6. The smallest absolute Gasteiger partial charge is 0.360 e. The maximum absolute atomic E-state index is 13.1. The molecule has 1 amide bonds. The molecule has 0 saturated heterocycles. The first-order chi connectivity index (χ1) is 11.0. The Morgan fingerprint density at radius 1 is 1.12 bits per heavy atom. The summed E-state index contributed by atoms with van der Waals surface area (Å²) in [6.07, 6.45) is -10.2. The summed E-state index contributed by atoms with van der Waals surface area (Å²) in [6.45, 7) is 0. The predicted molar refractivity (Wildman–Crippen MR) is 69.7 cm³/mol. The molecule has 0 aliphatic heterocycles. The molecule has 10 heteroatoms. The third kappa shape index (κ3) is 3.87. The van der Waals surface area contributed by atoms with Gasteiger partial charge in [-0.1, -0.05) is 11.2 Å². The minimum absolute atomic E-state index is 0.0163. The van der Waals surface area contributed by atoms with Crippen molar-refractivity contribution in [2.45, 2.75) is 18.8 Å². The van der Waals surface area contributed by atoms with Crippen molar-refractivity contribution >= 4 is 5.91 Å². The van der Waals surface area contributed by atoms with Gasteiger partial charge in [-0.15, -0.1) is 0 Å². The van der Waals surface area contributed by atoms with Gasteiger partial charge >= 0.3 is 12.4 Å². The van der Waals surface area contributed by atoms with Crippen LogP contribution in [0.4, 0.5) is 26.3 Å². The lowest BCUT2D eigenvalue weighted by Gasteiger charge is -2.14. The second-order valence-electron chi connectivity index (χ2n) is 4.78. The Bertz CT molecular complexity index is 748. The third-order valence-corrected chi connectivity index (χ3v) is 3.10. The molecular weight excluding hydrogens is 342 g/mol. The van der Waals surface area contributed by atoms with Gasteiger partial charge in [0.05, 0.1) is 17.5 Å². The maximum Gasteiger partial charge on any atom is 0.417 e. The van der Waals surface area contributed by atoms with Crippen LogP contribution < -0.4 is 5.32 Å². The van der Waals surface area contributed by atoms with E-state index in [2.05, 4.69) is 10.5 Å². The van der Waals surface area contributed by atoms with Crippen LogP contribution in [0.2, 0.25) is 0 Å². The molecule has 1 aromatic carbocycles. The second-order valence-corrected chi connectivity index (χ2v) is 4.78. The van der Waals surface area contributed by atoms with Gasteiger partial charge in [-0.25, -0.2) is 0 Å². The highest BCUT2D eigenvalue weighted by molar-refractivity contribution is 5.78. The lowest BCUT2D eigenvalue weighted by Crippen LogP contribution is -2.19. The topological polar surface area (TPSA) is 55.1 Å². The lowest BCUT2D eigenvalue weighted by molar-refractivity contribution is -0.142. The van der Waals surface area contributed by atoms with Crippen LogP contribution >= 0.6 is 0 Å². The van der Waals surface area contributed by atoms with E-state index in [0.29, 0.717) is 12.1 Å². The van der Waals surface area contributed by atoms with Gasteiger partial charge in [-0.2, -0.15) is 26.3 Å². The van der Waals surface area contributed by atoms with Gasteiger partial charge < -0.3 is 9.84 Å². The number of carbonyl (C=O) groups excluding carboxylic acids is 1. The number of likely N-dealkylation sites (N-methyl/N-ethyl adjacent to an activating group) is 1. The zero-order valence-electron chi connectivity index (χ0n) is 12.0. The van der Waals surface area contributed by atoms with E-state index in [-0.39, 0.29) is 23.9 Å². The quantitative estimate of drug-likeness (QED) is 0.858. The van der Waals surface area contributed by atoms with Gasteiger partial charge in [0.25, 0.3) is 0 Å². The lowest BCUT2D eigenvalue weighted by atomic mass is 10.0. The molecule has 1 N–H and O–H groups in total. The van der Waals surface area contributed by atoms with Crippen LogP contribution in [0.5, 0.6) is 0 Å². The molecule has 2 aromatic rings. The molecule has 2 rings (SSSR count). The maximum atomic E-state index is 13.1. The molecule has 130 valence electrons. The van der Waals surface area contributed by atoms with Gasteiger partial charge in [0.1, 0.15) is 11.5 Å². The van der Waals surface area contributed by atoms with Crippen molar-refractivity contribution < 1.29 is 35.7 Å². The number of hydrogen-bond donors (Lipinski definition) is 1. The number of benzene rings is 1. The molecule has 0 bridgehead atoms. The summed E-state index contributed by atoms with van der Waals surface area (Å²) in [5, 5.41) is 5.69. The van der Waals surface area contributed by atoms with E-state index < -0.39 is 35.0 Å². The van der Waals surface area contributed by atoms with Crippen molar-refractivity contribution in [1.29, 1.82) is 0 Å². The number of nitrogens with one attached hydrogen (secondary N) is 1. The van der Waals surface area contributed by atoms with Gasteiger partial charge in [0.2, 0.25) is 5.91 Å². The Labute approximate surface area is 131 Å². The minimum atomic E-state index is -5.02. The first-order valence-electron chi connectivity index (χ1n) is 6.47. The molecule has 0 aliphatic rings. The molecule has 1 aromatic heterocycles. The third-order valence-electron chi connectivity index (χ3n) is 3.10. The molecule has 0 atom stereocenters. The van der Waals surface area contributed by atoms with Gasteiger partial charge in [-0.05, 0) is 12.1 Å². The molecule has 0 spiro atoms. The van der Waals surface area contributed by atoms with Crippen LogP contribution in [-0.2, 0) is 23.6 Å². The molecule has 0 aliphatic carbocycles. The fourth-order valence-corrected chi connectivity index (χ4v) is 1.95. The van der Waals surface area contributed by atoms with Crippen molar-refractivity contribution in [3.63, 3.8) is 0 Å². The Morgan fingerprint density at radius 3 is 2.33 bits per heavy atom. The fraction of sp³-hybridized carbons (Fsp3) is 0.286. The summed E-state index contributed by atoms with van der Waals surface area (Å²) in [5.41, 5.74) is -3.79. The van der Waals surface area contributed by atoms with Gasteiger partial charge in [-0.3, -0.25) is 4.79 Å². The van der Waals surface area contributed by atoms with Crippen molar-refractivity contribution in [3.05, 3.63) is 41.2 Å². The van der Waals surface area contributed by atoms with Crippen LogP contribution in [0.1, 0.15) is 16.9 Å². The zero-order valence-corrected chi connectivity index (χ0v) is 12.0. The average Bonchev–Trinajstić information content (AvgIpc) is 2.93. The highest BCUT2D eigenvalue weighted by atomic mass is 19.4. The zero-order chi connectivity index (χ0) is 18.1.